The third kappa shape index (κ3) is 1.51. The van der Waals surface area contributed by atoms with Gasteiger partial charge in [0, 0.05) is 12.4 Å². The second-order valence-corrected chi connectivity index (χ2v) is 5.28. The van der Waals surface area contributed by atoms with Crippen LogP contribution in [0.2, 0.25) is 0 Å². The predicted molar refractivity (Wildman–Crippen MR) is 58.8 cm³/mol. The summed E-state index contributed by atoms with van der Waals surface area (Å²) in [5.41, 5.74) is 0.605. The molecule has 16 heavy (non-hydrogen) atoms. The largest absolute Gasteiger partial charge is 0.481 e. The van der Waals surface area contributed by atoms with E-state index in [1.165, 1.54) is 6.42 Å². The molecule has 1 N–H and O–H groups in total. The first-order valence-corrected chi connectivity index (χ1v) is 5.82. The number of hydrogen-bond acceptors (Lipinski definition) is 2. The van der Waals surface area contributed by atoms with Crippen LogP contribution in [0, 0.1) is 17.3 Å². The summed E-state index contributed by atoms with van der Waals surface area (Å²) in [6.45, 7) is 0. The zero-order valence-corrected chi connectivity index (χ0v) is 9.10. The first-order valence-electron chi connectivity index (χ1n) is 5.82. The minimum Gasteiger partial charge on any atom is -0.481 e. The van der Waals surface area contributed by atoms with E-state index in [0.29, 0.717) is 18.3 Å². The summed E-state index contributed by atoms with van der Waals surface area (Å²) < 4.78 is 0. The van der Waals surface area contributed by atoms with E-state index >= 15 is 0 Å². The lowest BCUT2D eigenvalue weighted by Gasteiger charge is -2.25. The molecule has 3 rings (SSSR count). The molecule has 1 aromatic rings. The Morgan fingerprint density at radius 3 is 2.56 bits per heavy atom. The third-order valence-electron chi connectivity index (χ3n) is 4.12. The van der Waals surface area contributed by atoms with Crippen LogP contribution in [0.25, 0.3) is 0 Å². The Morgan fingerprint density at radius 1 is 1.38 bits per heavy atom. The van der Waals surface area contributed by atoms with Crippen molar-refractivity contribution < 1.29 is 9.90 Å². The molecule has 0 spiro atoms. The molecule has 0 saturated heterocycles. The van der Waals surface area contributed by atoms with Gasteiger partial charge in [-0.3, -0.25) is 9.78 Å². The van der Waals surface area contributed by atoms with Gasteiger partial charge in [-0.2, -0.15) is 0 Å². The van der Waals surface area contributed by atoms with Gasteiger partial charge < -0.3 is 5.11 Å². The van der Waals surface area contributed by atoms with Crippen LogP contribution in [0.3, 0.4) is 0 Å². The van der Waals surface area contributed by atoms with Gasteiger partial charge in [-0.25, -0.2) is 0 Å². The molecule has 2 fully saturated rings. The fourth-order valence-corrected chi connectivity index (χ4v) is 3.18. The first-order chi connectivity index (χ1) is 7.70. The van der Waals surface area contributed by atoms with Gasteiger partial charge in [0.2, 0.25) is 0 Å². The molecule has 0 radical (unpaired) electrons. The lowest BCUT2D eigenvalue weighted by molar-refractivity contribution is -0.149. The zero-order valence-electron chi connectivity index (χ0n) is 9.10. The first kappa shape index (κ1) is 9.82. The number of aromatic nitrogens is 1. The highest BCUT2D eigenvalue weighted by Gasteiger charge is 2.57. The number of pyridine rings is 1. The Hall–Kier alpha value is -1.38. The summed E-state index contributed by atoms with van der Waals surface area (Å²) in [7, 11) is 0. The van der Waals surface area contributed by atoms with Crippen LogP contribution >= 0.6 is 0 Å². The van der Waals surface area contributed by atoms with Crippen LogP contribution in [0.15, 0.2) is 24.5 Å². The molecule has 1 aromatic heterocycles. The van der Waals surface area contributed by atoms with Gasteiger partial charge in [0.05, 0.1) is 5.41 Å². The average Bonchev–Trinajstić information content (AvgIpc) is 2.88. The van der Waals surface area contributed by atoms with Gasteiger partial charge in [-0.1, -0.05) is 0 Å². The number of carbonyl (C=O) groups is 1. The highest BCUT2D eigenvalue weighted by Crippen LogP contribution is 2.60. The zero-order chi connectivity index (χ0) is 11.2. The maximum atomic E-state index is 11.5. The van der Waals surface area contributed by atoms with Gasteiger partial charge in [0.15, 0.2) is 0 Å². The summed E-state index contributed by atoms with van der Waals surface area (Å²) in [5, 5.41) is 9.45. The van der Waals surface area contributed by atoms with Gasteiger partial charge in [-0.05, 0) is 55.2 Å². The summed E-state index contributed by atoms with van der Waals surface area (Å²) in [6, 6.07) is 3.85. The fraction of sp³-hybridized carbons (Fsp3) is 0.538. The van der Waals surface area contributed by atoms with E-state index < -0.39 is 11.4 Å². The maximum Gasteiger partial charge on any atom is 0.309 e. The quantitative estimate of drug-likeness (QED) is 0.843. The Balaban J connectivity index is 1.83. The van der Waals surface area contributed by atoms with Crippen molar-refractivity contribution in [1.29, 1.82) is 0 Å². The SMILES string of the molecule is O=C(O)C1(Cc2ccncc2)CC2CC2C1. The third-order valence-corrected chi connectivity index (χ3v) is 4.12. The molecule has 3 nitrogen and oxygen atoms in total. The second kappa shape index (κ2) is 3.30. The molecule has 3 heteroatoms. The lowest BCUT2D eigenvalue weighted by Crippen LogP contribution is -2.31. The van der Waals surface area contributed by atoms with E-state index in [0.717, 1.165) is 18.4 Å². The predicted octanol–water partition coefficient (Wildman–Crippen LogP) is 2.12. The summed E-state index contributed by atoms with van der Waals surface area (Å²) >= 11 is 0. The van der Waals surface area contributed by atoms with E-state index in [1.807, 2.05) is 12.1 Å². The molecular weight excluding hydrogens is 202 g/mol. The van der Waals surface area contributed by atoms with Gasteiger partial charge in [-0.15, -0.1) is 0 Å². The highest BCUT2D eigenvalue weighted by atomic mass is 16.4. The molecular formula is C13H15NO2. The standard InChI is InChI=1S/C13H15NO2/c15-12(16)13(7-10-5-11(10)8-13)6-9-1-3-14-4-2-9/h1-4,10-11H,5-8H2,(H,15,16). The summed E-state index contributed by atoms with van der Waals surface area (Å²) in [5.74, 6) is 0.771. The molecule has 1 heterocycles. The molecule has 0 amide bonds. The van der Waals surface area contributed by atoms with Crippen LogP contribution in [-0.4, -0.2) is 16.1 Å². The smallest absolute Gasteiger partial charge is 0.309 e. The summed E-state index contributed by atoms with van der Waals surface area (Å²) in [4.78, 5) is 15.4. The molecule has 0 aromatic carbocycles. The number of aliphatic carboxylic acids is 1. The molecule has 2 unspecified atom stereocenters. The second-order valence-electron chi connectivity index (χ2n) is 5.28. The van der Waals surface area contributed by atoms with E-state index in [2.05, 4.69) is 4.98 Å². The van der Waals surface area contributed by atoms with Crippen molar-refractivity contribution in [3.05, 3.63) is 30.1 Å². The molecule has 84 valence electrons. The number of rotatable bonds is 3. The number of carboxylic acid groups (broad SMARTS) is 1. The van der Waals surface area contributed by atoms with Crippen LogP contribution < -0.4 is 0 Å². The molecule has 2 atom stereocenters. The van der Waals surface area contributed by atoms with Crippen molar-refractivity contribution in [2.75, 3.05) is 0 Å². The summed E-state index contributed by atoms with van der Waals surface area (Å²) in [6.07, 6.45) is 7.13. The molecule has 2 aliphatic carbocycles. The maximum absolute atomic E-state index is 11.5. The van der Waals surface area contributed by atoms with E-state index in [9.17, 15) is 9.90 Å². The molecule has 2 saturated carbocycles. The highest BCUT2D eigenvalue weighted by molar-refractivity contribution is 5.76. The Morgan fingerprint density at radius 2 is 2.00 bits per heavy atom. The Kier molecular flexibility index (Phi) is 2.03. The average molecular weight is 217 g/mol. The van der Waals surface area contributed by atoms with Crippen molar-refractivity contribution in [3.8, 4) is 0 Å². The molecule has 0 aliphatic heterocycles. The van der Waals surface area contributed by atoms with E-state index in [-0.39, 0.29) is 0 Å². The van der Waals surface area contributed by atoms with Crippen LogP contribution in [0.4, 0.5) is 0 Å². The number of fused-ring (bicyclic) bond motifs is 1. The number of carboxylic acids is 1. The minimum absolute atomic E-state index is 0.491. The van der Waals surface area contributed by atoms with Crippen molar-refractivity contribution in [3.63, 3.8) is 0 Å². The van der Waals surface area contributed by atoms with Crippen LogP contribution in [0.5, 0.6) is 0 Å². The Labute approximate surface area is 94.5 Å². The number of nitrogens with zero attached hydrogens (tertiary/aromatic N) is 1. The van der Waals surface area contributed by atoms with E-state index in [1.54, 1.807) is 12.4 Å². The molecule has 0 bridgehead atoms. The van der Waals surface area contributed by atoms with E-state index in [4.69, 9.17) is 0 Å². The van der Waals surface area contributed by atoms with Crippen LogP contribution in [-0.2, 0) is 11.2 Å². The van der Waals surface area contributed by atoms with Crippen molar-refractivity contribution >= 4 is 5.97 Å². The normalized spacial score (nSPS) is 35.8. The van der Waals surface area contributed by atoms with Crippen molar-refractivity contribution in [1.82, 2.24) is 4.98 Å². The number of hydrogen-bond donors (Lipinski definition) is 1. The topological polar surface area (TPSA) is 50.2 Å². The van der Waals surface area contributed by atoms with Crippen LogP contribution in [0.1, 0.15) is 24.8 Å². The van der Waals surface area contributed by atoms with Crippen molar-refractivity contribution in [2.45, 2.75) is 25.7 Å². The van der Waals surface area contributed by atoms with Gasteiger partial charge >= 0.3 is 5.97 Å². The van der Waals surface area contributed by atoms with Crippen molar-refractivity contribution in [2.24, 2.45) is 17.3 Å². The van der Waals surface area contributed by atoms with Gasteiger partial charge in [0.1, 0.15) is 0 Å². The monoisotopic (exact) mass is 217 g/mol. The Bertz CT molecular complexity index is 405. The lowest BCUT2D eigenvalue weighted by atomic mass is 9.78. The van der Waals surface area contributed by atoms with Gasteiger partial charge in [0.25, 0.3) is 0 Å². The fourth-order valence-electron chi connectivity index (χ4n) is 3.18. The molecule has 2 aliphatic rings. The minimum atomic E-state index is -0.614.